The van der Waals surface area contributed by atoms with E-state index in [0.717, 1.165) is 66.6 Å². The molecule has 2 aromatic heterocycles. The van der Waals surface area contributed by atoms with Crippen molar-refractivity contribution in [1.29, 1.82) is 0 Å². The molecule has 0 aliphatic carbocycles. The van der Waals surface area contributed by atoms with Crippen LogP contribution in [-0.2, 0) is 17.0 Å². The first kappa shape index (κ1) is 20.0. The summed E-state index contributed by atoms with van der Waals surface area (Å²) in [6.07, 6.45) is 6.31. The number of hydrogen-bond donors (Lipinski definition) is 0. The van der Waals surface area contributed by atoms with Gasteiger partial charge < -0.3 is 9.64 Å². The highest BCUT2D eigenvalue weighted by atomic mass is 32.2. The number of thiazole rings is 1. The van der Waals surface area contributed by atoms with Crippen LogP contribution in [0.2, 0.25) is 0 Å². The maximum absolute atomic E-state index is 5.92. The summed E-state index contributed by atoms with van der Waals surface area (Å²) in [5.41, 5.74) is 2.27. The summed E-state index contributed by atoms with van der Waals surface area (Å²) >= 11 is 3.43. The number of anilines is 1. The fourth-order valence-corrected chi connectivity index (χ4v) is 5.86. The molecule has 0 spiro atoms. The minimum atomic E-state index is 0.271. The second kappa shape index (κ2) is 9.49. The van der Waals surface area contributed by atoms with E-state index < -0.39 is 0 Å². The standard InChI is InChI=1S/C22H27N5OS2/c1-3-8-17(9-4-1)20-23-18(15-29-20)16-30-22-25-24-21(26-11-5-2-6-12-26)27(22)14-19-10-7-13-28-19/h1,3-4,8-9,15,19H,2,5-7,10-14,16H2. The van der Waals surface area contributed by atoms with Gasteiger partial charge in [0.1, 0.15) is 5.01 Å². The molecule has 8 heteroatoms. The average Bonchev–Trinajstić information content (AvgIpc) is 3.56. The summed E-state index contributed by atoms with van der Waals surface area (Å²) in [6, 6.07) is 10.4. The highest BCUT2D eigenvalue weighted by Crippen LogP contribution is 2.30. The molecule has 6 nitrogen and oxygen atoms in total. The largest absolute Gasteiger partial charge is 0.376 e. The Hall–Kier alpha value is -1.90. The van der Waals surface area contributed by atoms with Crippen LogP contribution in [0.15, 0.2) is 40.9 Å². The van der Waals surface area contributed by atoms with Gasteiger partial charge in [-0.15, -0.1) is 21.5 Å². The second-order valence-electron chi connectivity index (χ2n) is 7.87. The molecule has 2 aliphatic rings. The van der Waals surface area contributed by atoms with E-state index >= 15 is 0 Å². The Labute approximate surface area is 185 Å². The first-order valence-corrected chi connectivity index (χ1v) is 12.7. The van der Waals surface area contributed by atoms with Crippen LogP contribution in [0.4, 0.5) is 5.95 Å². The Balaban J connectivity index is 1.32. The van der Waals surface area contributed by atoms with Gasteiger partial charge in [-0.05, 0) is 32.1 Å². The first-order valence-electron chi connectivity index (χ1n) is 10.8. The van der Waals surface area contributed by atoms with Gasteiger partial charge in [-0.25, -0.2) is 4.98 Å². The van der Waals surface area contributed by atoms with Gasteiger partial charge in [0.05, 0.1) is 18.3 Å². The number of benzene rings is 1. The Bertz CT molecular complexity index is 946. The van der Waals surface area contributed by atoms with Crippen molar-refractivity contribution in [2.45, 2.75) is 55.7 Å². The van der Waals surface area contributed by atoms with Crippen molar-refractivity contribution >= 4 is 29.0 Å². The van der Waals surface area contributed by atoms with Crippen molar-refractivity contribution in [3.05, 3.63) is 41.4 Å². The fraction of sp³-hybridized carbons (Fsp3) is 0.500. The third kappa shape index (κ3) is 4.55. The Morgan fingerprint density at radius 3 is 2.73 bits per heavy atom. The molecular weight excluding hydrogens is 414 g/mol. The van der Waals surface area contributed by atoms with Crippen molar-refractivity contribution in [2.24, 2.45) is 0 Å². The topological polar surface area (TPSA) is 56.1 Å². The lowest BCUT2D eigenvalue weighted by molar-refractivity contribution is 0.0951. The molecule has 30 heavy (non-hydrogen) atoms. The van der Waals surface area contributed by atoms with E-state index in [0.29, 0.717) is 0 Å². The molecule has 3 aromatic rings. The second-order valence-corrected chi connectivity index (χ2v) is 9.68. The molecular formula is C22H27N5OS2. The van der Waals surface area contributed by atoms with Gasteiger partial charge in [-0.3, -0.25) is 4.57 Å². The number of ether oxygens (including phenoxy) is 1. The van der Waals surface area contributed by atoms with Crippen LogP contribution in [0.5, 0.6) is 0 Å². The van der Waals surface area contributed by atoms with Crippen LogP contribution in [-0.4, -0.2) is 45.5 Å². The smallest absolute Gasteiger partial charge is 0.228 e. The predicted octanol–water partition coefficient (Wildman–Crippen LogP) is 4.86. The molecule has 158 valence electrons. The van der Waals surface area contributed by atoms with Crippen molar-refractivity contribution in [1.82, 2.24) is 19.7 Å². The van der Waals surface area contributed by atoms with Crippen molar-refractivity contribution in [3.63, 3.8) is 0 Å². The van der Waals surface area contributed by atoms with Crippen LogP contribution >= 0.6 is 23.1 Å². The van der Waals surface area contributed by atoms with Crippen molar-refractivity contribution in [3.8, 4) is 10.6 Å². The van der Waals surface area contributed by atoms with Crippen molar-refractivity contribution < 1.29 is 4.74 Å². The van der Waals surface area contributed by atoms with Gasteiger partial charge in [-0.1, -0.05) is 42.1 Å². The Morgan fingerprint density at radius 1 is 1.07 bits per heavy atom. The van der Waals surface area contributed by atoms with Crippen molar-refractivity contribution in [2.75, 3.05) is 24.6 Å². The van der Waals surface area contributed by atoms with E-state index in [-0.39, 0.29) is 6.10 Å². The predicted molar refractivity (Wildman–Crippen MR) is 122 cm³/mol. The van der Waals surface area contributed by atoms with Gasteiger partial charge in [0.2, 0.25) is 5.95 Å². The molecule has 1 atom stereocenters. The van der Waals surface area contributed by atoms with E-state index in [9.17, 15) is 0 Å². The number of aromatic nitrogens is 4. The van der Waals surface area contributed by atoms with Crippen LogP contribution < -0.4 is 4.90 Å². The molecule has 2 aliphatic heterocycles. The van der Waals surface area contributed by atoms with Crippen LogP contribution in [0, 0.1) is 0 Å². The minimum absolute atomic E-state index is 0.271. The maximum atomic E-state index is 5.92. The van der Waals surface area contributed by atoms with E-state index in [1.54, 1.807) is 23.1 Å². The monoisotopic (exact) mass is 441 g/mol. The SMILES string of the molecule is c1ccc(-c2nc(CSc3nnc(N4CCCCC4)n3CC3CCCO3)cs2)cc1. The molecule has 0 N–H and O–H groups in total. The van der Waals surface area contributed by atoms with E-state index in [1.807, 2.05) is 6.07 Å². The Kier molecular flexibility index (Phi) is 6.34. The molecule has 0 radical (unpaired) electrons. The van der Waals surface area contributed by atoms with Gasteiger partial charge >= 0.3 is 0 Å². The number of nitrogens with zero attached hydrogens (tertiary/aromatic N) is 5. The van der Waals surface area contributed by atoms with Gasteiger partial charge in [-0.2, -0.15) is 0 Å². The van der Waals surface area contributed by atoms with E-state index in [2.05, 4.69) is 49.3 Å². The molecule has 4 heterocycles. The number of thioether (sulfide) groups is 1. The minimum Gasteiger partial charge on any atom is -0.376 e. The van der Waals surface area contributed by atoms with E-state index in [1.165, 1.54) is 24.8 Å². The van der Waals surface area contributed by atoms with Crippen LogP contribution in [0.3, 0.4) is 0 Å². The molecule has 0 saturated carbocycles. The first-order chi connectivity index (χ1) is 14.9. The normalized spacial score (nSPS) is 19.5. The molecule has 1 aromatic carbocycles. The lowest BCUT2D eigenvalue weighted by Crippen LogP contribution is -2.33. The Morgan fingerprint density at radius 2 is 1.93 bits per heavy atom. The van der Waals surface area contributed by atoms with Gasteiger partial charge in [0, 0.05) is 36.4 Å². The number of rotatable bonds is 7. The maximum Gasteiger partial charge on any atom is 0.228 e. The summed E-state index contributed by atoms with van der Waals surface area (Å²) in [5, 5.41) is 13.4. The third-order valence-electron chi connectivity index (χ3n) is 5.67. The van der Waals surface area contributed by atoms with Gasteiger partial charge in [0.25, 0.3) is 0 Å². The molecule has 0 amide bonds. The lowest BCUT2D eigenvalue weighted by Gasteiger charge is -2.28. The van der Waals surface area contributed by atoms with Crippen LogP contribution in [0.25, 0.3) is 10.6 Å². The molecule has 2 saturated heterocycles. The highest BCUT2D eigenvalue weighted by molar-refractivity contribution is 7.98. The third-order valence-corrected chi connectivity index (χ3v) is 7.61. The summed E-state index contributed by atoms with van der Waals surface area (Å²) in [6.45, 7) is 3.85. The summed E-state index contributed by atoms with van der Waals surface area (Å²) in [5.74, 6) is 1.81. The highest BCUT2D eigenvalue weighted by Gasteiger charge is 2.24. The van der Waals surface area contributed by atoms with Gasteiger partial charge in [0.15, 0.2) is 5.16 Å². The summed E-state index contributed by atoms with van der Waals surface area (Å²) in [4.78, 5) is 7.23. The van der Waals surface area contributed by atoms with Crippen LogP contribution in [0.1, 0.15) is 37.8 Å². The van der Waals surface area contributed by atoms with E-state index in [4.69, 9.17) is 9.72 Å². The average molecular weight is 442 g/mol. The number of hydrogen-bond acceptors (Lipinski definition) is 7. The lowest BCUT2D eigenvalue weighted by atomic mass is 10.1. The number of piperidine rings is 1. The molecule has 1 unspecified atom stereocenters. The fourth-order valence-electron chi connectivity index (χ4n) is 4.09. The zero-order valence-corrected chi connectivity index (χ0v) is 18.7. The molecule has 2 fully saturated rings. The molecule has 5 rings (SSSR count). The zero-order valence-electron chi connectivity index (χ0n) is 17.1. The molecule has 0 bridgehead atoms. The zero-order chi connectivity index (χ0) is 20.2. The quantitative estimate of drug-likeness (QED) is 0.488. The summed E-state index contributed by atoms with van der Waals surface area (Å²) < 4.78 is 8.21. The summed E-state index contributed by atoms with van der Waals surface area (Å²) in [7, 11) is 0.